The van der Waals surface area contributed by atoms with Crippen molar-refractivity contribution in [2.24, 2.45) is 5.92 Å². The van der Waals surface area contributed by atoms with Crippen molar-refractivity contribution in [2.45, 2.75) is 27.7 Å². The van der Waals surface area contributed by atoms with E-state index in [1.165, 1.54) is 16.8 Å². The maximum absolute atomic E-state index is 4.62. The third-order valence-corrected chi connectivity index (χ3v) is 4.73. The summed E-state index contributed by atoms with van der Waals surface area (Å²) in [7, 11) is 0. The van der Waals surface area contributed by atoms with Gasteiger partial charge in [-0.25, -0.2) is 0 Å². The van der Waals surface area contributed by atoms with E-state index >= 15 is 0 Å². The van der Waals surface area contributed by atoms with Gasteiger partial charge in [-0.3, -0.25) is 0 Å². The fraction of sp³-hybridized carbons (Fsp3) is 0.526. The van der Waals surface area contributed by atoms with Gasteiger partial charge < -0.3 is 15.1 Å². The Kier molecular flexibility index (Phi) is 5.36. The molecule has 1 aromatic carbocycles. The Morgan fingerprint density at radius 3 is 2.52 bits per heavy atom. The number of nitrogens with one attached hydrogen (secondary N) is 1. The van der Waals surface area contributed by atoms with Crippen LogP contribution in [0.25, 0.3) is 0 Å². The van der Waals surface area contributed by atoms with Crippen molar-refractivity contribution in [2.75, 3.05) is 47.8 Å². The molecule has 2 heterocycles. The first-order valence-corrected chi connectivity index (χ1v) is 9.04. The molecule has 1 N–H and O–H groups in total. The normalized spacial score (nSPS) is 14.9. The fourth-order valence-electron chi connectivity index (χ4n) is 3.07. The van der Waals surface area contributed by atoms with Crippen molar-refractivity contribution in [1.82, 2.24) is 15.2 Å². The van der Waals surface area contributed by atoms with Gasteiger partial charge in [0.2, 0.25) is 5.95 Å². The van der Waals surface area contributed by atoms with E-state index in [9.17, 15) is 0 Å². The zero-order valence-corrected chi connectivity index (χ0v) is 15.7. The number of aromatic nitrogens is 3. The first kappa shape index (κ1) is 17.5. The Morgan fingerprint density at radius 2 is 1.80 bits per heavy atom. The van der Waals surface area contributed by atoms with Crippen LogP contribution in [0, 0.1) is 19.8 Å². The molecule has 25 heavy (non-hydrogen) atoms. The summed E-state index contributed by atoms with van der Waals surface area (Å²) in [6.07, 6.45) is 1.76. The summed E-state index contributed by atoms with van der Waals surface area (Å²) in [6, 6.07) is 6.54. The topological polar surface area (TPSA) is 57.2 Å². The molecule has 1 aliphatic rings. The number of nitrogens with zero attached hydrogens (tertiary/aromatic N) is 5. The van der Waals surface area contributed by atoms with Crippen molar-refractivity contribution >= 4 is 17.5 Å². The average molecular weight is 340 g/mol. The molecule has 1 fully saturated rings. The van der Waals surface area contributed by atoms with Gasteiger partial charge in [0.1, 0.15) is 0 Å². The molecule has 0 aliphatic carbocycles. The number of hydrogen-bond donors (Lipinski definition) is 1. The molecular formula is C19H28N6. The van der Waals surface area contributed by atoms with Crippen LogP contribution in [0.3, 0.4) is 0 Å². The van der Waals surface area contributed by atoms with Gasteiger partial charge in [0.05, 0.1) is 6.20 Å². The number of hydrogen-bond acceptors (Lipinski definition) is 6. The molecule has 134 valence electrons. The molecule has 0 bridgehead atoms. The first-order chi connectivity index (χ1) is 12.0. The van der Waals surface area contributed by atoms with Crippen LogP contribution in [0.2, 0.25) is 0 Å². The second-order valence-electron chi connectivity index (χ2n) is 7.11. The number of benzene rings is 1. The molecule has 1 aromatic heterocycles. The van der Waals surface area contributed by atoms with Crippen LogP contribution in [0.1, 0.15) is 25.0 Å². The van der Waals surface area contributed by atoms with E-state index in [1.807, 2.05) is 0 Å². The van der Waals surface area contributed by atoms with Crippen LogP contribution in [0.4, 0.5) is 17.5 Å². The lowest BCUT2D eigenvalue weighted by Crippen LogP contribution is -2.47. The molecule has 0 amide bonds. The Morgan fingerprint density at radius 1 is 1.08 bits per heavy atom. The second kappa shape index (κ2) is 7.68. The maximum atomic E-state index is 4.62. The zero-order valence-electron chi connectivity index (χ0n) is 15.7. The molecule has 1 saturated heterocycles. The van der Waals surface area contributed by atoms with Gasteiger partial charge in [0, 0.05) is 38.4 Å². The number of aryl methyl sites for hydroxylation is 1. The third-order valence-electron chi connectivity index (χ3n) is 4.73. The highest BCUT2D eigenvalue weighted by Gasteiger charge is 2.20. The lowest BCUT2D eigenvalue weighted by Gasteiger charge is -2.37. The number of piperazine rings is 1. The fourth-order valence-corrected chi connectivity index (χ4v) is 3.07. The Bertz CT molecular complexity index is 707. The van der Waals surface area contributed by atoms with E-state index in [4.69, 9.17) is 0 Å². The Balaban J connectivity index is 1.64. The van der Waals surface area contributed by atoms with Crippen LogP contribution >= 0.6 is 0 Å². The quantitative estimate of drug-likeness (QED) is 0.903. The molecule has 0 atom stereocenters. The summed E-state index contributed by atoms with van der Waals surface area (Å²) >= 11 is 0. The molecule has 0 unspecified atom stereocenters. The SMILES string of the molecule is Cc1cccc(N2CCN(c3cnnc(NCC(C)C)n3)CC2)c1C. The molecule has 0 saturated carbocycles. The maximum Gasteiger partial charge on any atom is 0.244 e. The largest absolute Gasteiger partial charge is 0.368 e. The van der Waals surface area contributed by atoms with Gasteiger partial charge in [-0.05, 0) is 37.0 Å². The Hall–Kier alpha value is -2.37. The summed E-state index contributed by atoms with van der Waals surface area (Å²) in [4.78, 5) is 9.37. The van der Waals surface area contributed by atoms with Gasteiger partial charge in [0.25, 0.3) is 0 Å². The standard InChI is InChI=1S/C19H28N6/c1-14(2)12-20-19-22-18(13-21-23-19)25-10-8-24(9-11-25)17-7-5-6-15(3)16(17)4/h5-7,13-14H,8-12H2,1-4H3,(H,20,22,23). The number of anilines is 3. The second-order valence-corrected chi connectivity index (χ2v) is 7.11. The van der Waals surface area contributed by atoms with E-state index in [1.54, 1.807) is 6.20 Å². The van der Waals surface area contributed by atoms with E-state index < -0.39 is 0 Å². The van der Waals surface area contributed by atoms with Crippen LogP contribution in [-0.2, 0) is 0 Å². The van der Waals surface area contributed by atoms with Gasteiger partial charge in [-0.2, -0.15) is 10.1 Å². The van der Waals surface area contributed by atoms with Crippen molar-refractivity contribution in [3.8, 4) is 0 Å². The predicted molar refractivity (Wildman–Crippen MR) is 103 cm³/mol. The molecule has 6 heteroatoms. The van der Waals surface area contributed by atoms with E-state index in [0.717, 1.165) is 38.5 Å². The Labute approximate surface area is 150 Å². The van der Waals surface area contributed by atoms with Gasteiger partial charge in [0.15, 0.2) is 5.82 Å². The minimum Gasteiger partial charge on any atom is -0.368 e. The van der Waals surface area contributed by atoms with Crippen molar-refractivity contribution in [3.05, 3.63) is 35.5 Å². The molecular weight excluding hydrogens is 312 g/mol. The van der Waals surface area contributed by atoms with Gasteiger partial charge in [-0.1, -0.05) is 26.0 Å². The van der Waals surface area contributed by atoms with Gasteiger partial charge in [-0.15, -0.1) is 5.10 Å². The summed E-state index contributed by atoms with van der Waals surface area (Å²) in [5.74, 6) is 2.07. The minimum atomic E-state index is 0.549. The van der Waals surface area contributed by atoms with E-state index in [-0.39, 0.29) is 0 Å². The van der Waals surface area contributed by atoms with E-state index in [0.29, 0.717) is 11.9 Å². The summed E-state index contributed by atoms with van der Waals surface area (Å²) in [5.41, 5.74) is 4.07. The zero-order chi connectivity index (χ0) is 17.8. The van der Waals surface area contributed by atoms with Gasteiger partial charge >= 0.3 is 0 Å². The molecule has 3 rings (SSSR count). The molecule has 6 nitrogen and oxygen atoms in total. The molecule has 0 spiro atoms. The lowest BCUT2D eigenvalue weighted by atomic mass is 10.1. The van der Waals surface area contributed by atoms with E-state index in [2.05, 4.69) is 76.2 Å². The average Bonchev–Trinajstić information content (AvgIpc) is 2.63. The monoisotopic (exact) mass is 340 g/mol. The van der Waals surface area contributed by atoms with Crippen LogP contribution in [-0.4, -0.2) is 47.9 Å². The summed E-state index contributed by atoms with van der Waals surface area (Å²) in [5, 5.41) is 11.4. The van der Waals surface area contributed by atoms with Crippen LogP contribution in [0.15, 0.2) is 24.4 Å². The number of rotatable bonds is 5. The smallest absolute Gasteiger partial charge is 0.244 e. The molecule has 0 radical (unpaired) electrons. The molecule has 1 aliphatic heterocycles. The summed E-state index contributed by atoms with van der Waals surface area (Å²) in [6.45, 7) is 13.4. The van der Waals surface area contributed by atoms with Crippen LogP contribution < -0.4 is 15.1 Å². The third kappa shape index (κ3) is 4.18. The lowest BCUT2D eigenvalue weighted by molar-refractivity contribution is 0.641. The van der Waals surface area contributed by atoms with Crippen molar-refractivity contribution in [3.63, 3.8) is 0 Å². The van der Waals surface area contributed by atoms with Crippen molar-refractivity contribution < 1.29 is 0 Å². The highest BCUT2D eigenvalue weighted by Crippen LogP contribution is 2.24. The molecule has 2 aromatic rings. The summed E-state index contributed by atoms with van der Waals surface area (Å²) < 4.78 is 0. The highest BCUT2D eigenvalue weighted by molar-refractivity contribution is 5.57. The predicted octanol–water partition coefficient (Wildman–Crippen LogP) is 2.88. The first-order valence-electron chi connectivity index (χ1n) is 9.04. The van der Waals surface area contributed by atoms with Crippen LogP contribution in [0.5, 0.6) is 0 Å². The van der Waals surface area contributed by atoms with Crippen molar-refractivity contribution in [1.29, 1.82) is 0 Å². The minimum absolute atomic E-state index is 0.549. The highest BCUT2D eigenvalue weighted by atomic mass is 15.3.